The number of likely N-dealkylation sites (N-methyl/N-ethyl adjacent to an activating group) is 1. The predicted molar refractivity (Wildman–Crippen MR) is 95.8 cm³/mol. The van der Waals surface area contributed by atoms with E-state index in [0.717, 1.165) is 35.0 Å². The van der Waals surface area contributed by atoms with E-state index in [1.165, 1.54) is 0 Å². The Labute approximate surface area is 143 Å². The van der Waals surface area contributed by atoms with Crippen LogP contribution in [0.2, 0.25) is 0 Å². The number of quaternary nitrogens is 1. The highest BCUT2D eigenvalue weighted by Gasteiger charge is 2.25. The molecule has 0 amide bonds. The van der Waals surface area contributed by atoms with Crippen molar-refractivity contribution >= 4 is 20.9 Å². The number of sulfonamides is 1. The zero-order valence-electron chi connectivity index (χ0n) is 14.3. The predicted octanol–water partition coefficient (Wildman–Crippen LogP) is 2.21. The van der Waals surface area contributed by atoms with Crippen LogP contribution in [-0.2, 0) is 22.2 Å². The van der Waals surface area contributed by atoms with Gasteiger partial charge in [-0.3, -0.25) is 0 Å². The number of rotatable bonds is 6. The highest BCUT2D eigenvalue weighted by molar-refractivity contribution is 7.88. The summed E-state index contributed by atoms with van der Waals surface area (Å²) in [7, 11) is 0.0327. The smallest absolute Gasteiger partial charge is 0.218 e. The van der Waals surface area contributed by atoms with Crippen molar-refractivity contribution in [2.75, 3.05) is 33.7 Å². The number of aromatic nitrogens is 1. The molecule has 24 heavy (non-hydrogen) atoms. The van der Waals surface area contributed by atoms with Crippen LogP contribution in [0.15, 0.2) is 24.3 Å². The van der Waals surface area contributed by atoms with Crippen molar-refractivity contribution in [1.29, 1.82) is 0 Å². The number of fused-ring (bicyclic) bond motifs is 1. The molecule has 3 rings (SSSR count). The van der Waals surface area contributed by atoms with E-state index in [9.17, 15) is 13.6 Å². The molecule has 7 heteroatoms. The molecule has 0 bridgehead atoms. The van der Waals surface area contributed by atoms with Crippen LogP contribution in [0.5, 0.6) is 0 Å². The van der Waals surface area contributed by atoms with E-state index < -0.39 is 10.0 Å². The van der Waals surface area contributed by atoms with E-state index in [2.05, 4.69) is 4.98 Å². The quantitative estimate of drug-likeness (QED) is 0.640. The summed E-state index contributed by atoms with van der Waals surface area (Å²) in [5.74, 6) is 0.0495. The van der Waals surface area contributed by atoms with Crippen LogP contribution in [0, 0.1) is 5.21 Å². The highest BCUT2D eigenvalue weighted by Crippen LogP contribution is 2.22. The van der Waals surface area contributed by atoms with E-state index in [-0.39, 0.29) is 10.4 Å². The summed E-state index contributed by atoms with van der Waals surface area (Å²) in [6.07, 6.45) is 2.58. The molecule has 0 atom stereocenters. The summed E-state index contributed by atoms with van der Waals surface area (Å²) < 4.78 is 26.1. The van der Waals surface area contributed by atoms with Crippen molar-refractivity contribution in [1.82, 2.24) is 9.29 Å². The minimum absolute atomic E-state index is 0.0495. The first-order valence-electron chi connectivity index (χ1n) is 8.35. The fourth-order valence-corrected chi connectivity index (χ4v) is 4.72. The van der Waals surface area contributed by atoms with Crippen molar-refractivity contribution < 1.29 is 13.1 Å². The summed E-state index contributed by atoms with van der Waals surface area (Å²) in [5.41, 5.74) is 2.79. The Morgan fingerprint density at radius 3 is 2.58 bits per heavy atom. The lowest BCUT2D eigenvalue weighted by Crippen LogP contribution is -2.34. The molecule has 1 N–H and O–H groups in total. The van der Waals surface area contributed by atoms with Crippen molar-refractivity contribution in [3.63, 3.8) is 0 Å². The van der Waals surface area contributed by atoms with Gasteiger partial charge in [-0.05, 0) is 42.0 Å². The fraction of sp³-hybridized carbons (Fsp3) is 0.529. The Morgan fingerprint density at radius 2 is 1.92 bits per heavy atom. The summed E-state index contributed by atoms with van der Waals surface area (Å²) in [6, 6.07) is 7.73. The lowest BCUT2D eigenvalue weighted by molar-refractivity contribution is -0.839. The average molecular weight is 351 g/mol. The molecule has 1 fully saturated rings. The second kappa shape index (κ2) is 6.48. The van der Waals surface area contributed by atoms with Crippen LogP contribution >= 0.6 is 0 Å². The van der Waals surface area contributed by atoms with Gasteiger partial charge in [0.25, 0.3) is 0 Å². The van der Waals surface area contributed by atoms with Gasteiger partial charge in [-0.1, -0.05) is 6.07 Å². The molecule has 2 aromatic rings. The second-order valence-corrected chi connectivity index (χ2v) is 9.09. The Kier molecular flexibility index (Phi) is 4.70. The highest BCUT2D eigenvalue weighted by atomic mass is 32.2. The molecule has 6 nitrogen and oxygen atoms in total. The van der Waals surface area contributed by atoms with Gasteiger partial charge in [-0.25, -0.2) is 12.7 Å². The van der Waals surface area contributed by atoms with Gasteiger partial charge in [0.2, 0.25) is 10.0 Å². The zero-order chi connectivity index (χ0) is 17.4. The van der Waals surface area contributed by atoms with Crippen LogP contribution in [0.4, 0.5) is 0 Å². The summed E-state index contributed by atoms with van der Waals surface area (Å²) in [5, 5.41) is 12.7. The van der Waals surface area contributed by atoms with Crippen LogP contribution in [-0.4, -0.2) is 56.1 Å². The molecular weight excluding hydrogens is 326 g/mol. The van der Waals surface area contributed by atoms with Crippen molar-refractivity contribution in [3.8, 4) is 0 Å². The molecule has 1 aliphatic heterocycles. The summed E-state index contributed by atoms with van der Waals surface area (Å²) in [6.45, 7) is 1.78. The number of hydrogen-bond acceptors (Lipinski definition) is 3. The maximum absolute atomic E-state index is 12.4. The fourth-order valence-electron chi connectivity index (χ4n) is 3.12. The number of nitrogens with zero attached hydrogens (tertiary/aromatic N) is 2. The van der Waals surface area contributed by atoms with Gasteiger partial charge in [-0.2, -0.15) is 0 Å². The maximum atomic E-state index is 12.4. The zero-order valence-corrected chi connectivity index (χ0v) is 15.1. The Balaban J connectivity index is 1.76. The summed E-state index contributed by atoms with van der Waals surface area (Å²) in [4.78, 5) is 3.30. The van der Waals surface area contributed by atoms with E-state index in [1.54, 1.807) is 18.4 Å². The first kappa shape index (κ1) is 17.4. The Morgan fingerprint density at radius 1 is 1.21 bits per heavy atom. The van der Waals surface area contributed by atoms with E-state index in [4.69, 9.17) is 0 Å². The van der Waals surface area contributed by atoms with Gasteiger partial charge < -0.3 is 14.8 Å². The van der Waals surface area contributed by atoms with E-state index >= 15 is 0 Å². The third kappa shape index (κ3) is 4.16. The normalized spacial score (nSPS) is 17.0. The van der Waals surface area contributed by atoms with Crippen molar-refractivity contribution in [3.05, 3.63) is 40.7 Å². The van der Waals surface area contributed by atoms with Gasteiger partial charge in [0.1, 0.15) is 0 Å². The molecule has 0 saturated carbocycles. The van der Waals surface area contributed by atoms with Crippen LogP contribution in [0.1, 0.15) is 24.1 Å². The van der Waals surface area contributed by atoms with Gasteiger partial charge in [0, 0.05) is 30.7 Å². The van der Waals surface area contributed by atoms with Crippen molar-refractivity contribution in [2.24, 2.45) is 0 Å². The second-order valence-electron chi connectivity index (χ2n) is 7.13. The Hall–Kier alpha value is -1.41. The molecule has 2 heterocycles. The molecule has 1 aliphatic rings. The average Bonchev–Trinajstić information content (AvgIpc) is 3.13. The molecule has 0 unspecified atom stereocenters. The lowest BCUT2D eigenvalue weighted by atomic mass is 10.2. The molecule has 1 saturated heterocycles. The Bertz CT molecular complexity index is 815. The van der Waals surface area contributed by atoms with Gasteiger partial charge in [-0.15, -0.1) is 0 Å². The van der Waals surface area contributed by atoms with Crippen LogP contribution in [0.3, 0.4) is 0 Å². The van der Waals surface area contributed by atoms with Gasteiger partial charge >= 0.3 is 0 Å². The molecule has 0 radical (unpaired) electrons. The molecule has 132 valence electrons. The molecule has 0 aliphatic carbocycles. The molecular formula is C17H25N3O3S. The van der Waals surface area contributed by atoms with Crippen LogP contribution in [0.25, 0.3) is 10.9 Å². The number of aromatic amines is 1. The number of H-pyrrole nitrogens is 1. The maximum Gasteiger partial charge on any atom is 0.218 e. The molecule has 0 spiro atoms. The van der Waals surface area contributed by atoms with Crippen molar-refractivity contribution in [2.45, 2.75) is 25.0 Å². The first-order valence-corrected chi connectivity index (χ1v) is 9.96. The minimum atomic E-state index is -3.23. The lowest BCUT2D eigenvalue weighted by Gasteiger charge is -2.33. The first-order chi connectivity index (χ1) is 11.2. The van der Waals surface area contributed by atoms with Gasteiger partial charge in [0.15, 0.2) is 0 Å². The molecule has 1 aromatic heterocycles. The van der Waals surface area contributed by atoms with Gasteiger partial charge in [0.05, 0.1) is 26.4 Å². The topological polar surface area (TPSA) is 76.2 Å². The van der Waals surface area contributed by atoms with Crippen LogP contribution < -0.4 is 0 Å². The number of hydrogen-bond donors (Lipinski definition) is 1. The van der Waals surface area contributed by atoms with E-state index in [1.807, 2.05) is 24.3 Å². The summed E-state index contributed by atoms with van der Waals surface area (Å²) >= 11 is 0. The minimum Gasteiger partial charge on any atom is -0.633 e. The number of nitrogens with one attached hydrogen (secondary N) is 1. The largest absolute Gasteiger partial charge is 0.633 e. The SMILES string of the molecule is C[N+](C)([O-])CCc1cc2cc(CS(=O)(=O)N3CCCC3)ccc2[nH]1. The van der Waals surface area contributed by atoms with E-state index in [0.29, 0.717) is 26.1 Å². The molecule has 1 aromatic carbocycles. The monoisotopic (exact) mass is 351 g/mol. The number of benzene rings is 1. The third-order valence-corrected chi connectivity index (χ3v) is 6.32. The number of hydroxylamine groups is 3. The standard InChI is InChI=1S/C17H25N3O3S/c1-20(2,21)10-7-16-12-15-11-14(5-6-17(15)18-16)13-24(22,23)19-8-3-4-9-19/h5-6,11-12,18H,3-4,7-10,13H2,1-2H3. The third-order valence-electron chi connectivity index (χ3n) is 4.47.